The molecule has 2 fully saturated rings. The van der Waals surface area contributed by atoms with E-state index in [1.165, 1.54) is 31.4 Å². The number of anilines is 3. The average molecular weight is 308 g/mol. The summed E-state index contributed by atoms with van der Waals surface area (Å²) in [5.74, 6) is 4.73. The van der Waals surface area contributed by atoms with Gasteiger partial charge in [-0.25, -0.2) is 0 Å². The van der Waals surface area contributed by atoms with Gasteiger partial charge in [-0.05, 0) is 31.4 Å². The molecule has 2 saturated heterocycles. The second-order valence-corrected chi connectivity index (χ2v) is 6.73. The summed E-state index contributed by atoms with van der Waals surface area (Å²) in [7, 11) is 1.87. The van der Waals surface area contributed by atoms with Crippen molar-refractivity contribution in [2.75, 3.05) is 59.8 Å². The first-order valence-electron chi connectivity index (χ1n) is 7.88. The van der Waals surface area contributed by atoms with Crippen LogP contribution >= 0.6 is 11.8 Å². The van der Waals surface area contributed by atoms with Crippen LogP contribution in [0.1, 0.15) is 25.7 Å². The lowest BCUT2D eigenvalue weighted by Gasteiger charge is -2.28. The summed E-state index contributed by atoms with van der Waals surface area (Å²) in [5.41, 5.74) is 0. The van der Waals surface area contributed by atoms with Crippen LogP contribution in [0.5, 0.6) is 0 Å². The standard InChI is InChI=1S/C14H24N6S/c1-15-12-16-13(19-6-3-2-4-7-19)18-14(17-12)20-8-5-10-21-11-9-20/h2-11H2,1H3,(H,15,16,17,18). The zero-order valence-electron chi connectivity index (χ0n) is 12.7. The minimum absolute atomic E-state index is 0.678. The van der Waals surface area contributed by atoms with Crippen LogP contribution in [0.15, 0.2) is 0 Å². The van der Waals surface area contributed by atoms with Crippen molar-refractivity contribution in [3.63, 3.8) is 0 Å². The van der Waals surface area contributed by atoms with Gasteiger partial charge in [0.15, 0.2) is 0 Å². The molecule has 0 aliphatic carbocycles. The zero-order valence-corrected chi connectivity index (χ0v) is 13.5. The highest BCUT2D eigenvalue weighted by Gasteiger charge is 2.19. The molecule has 3 heterocycles. The van der Waals surface area contributed by atoms with Crippen molar-refractivity contribution in [1.82, 2.24) is 15.0 Å². The van der Waals surface area contributed by atoms with Gasteiger partial charge < -0.3 is 15.1 Å². The quantitative estimate of drug-likeness (QED) is 0.914. The van der Waals surface area contributed by atoms with E-state index in [-0.39, 0.29) is 0 Å². The molecule has 1 N–H and O–H groups in total. The maximum atomic E-state index is 4.75. The predicted octanol–water partition coefficient (Wildman–Crippen LogP) is 1.85. The summed E-state index contributed by atoms with van der Waals surface area (Å²) in [4.78, 5) is 18.5. The van der Waals surface area contributed by atoms with E-state index in [2.05, 4.69) is 25.1 Å². The summed E-state index contributed by atoms with van der Waals surface area (Å²) in [5, 5.41) is 3.08. The molecule has 0 radical (unpaired) electrons. The number of hydrogen-bond acceptors (Lipinski definition) is 7. The molecular weight excluding hydrogens is 284 g/mol. The van der Waals surface area contributed by atoms with Crippen molar-refractivity contribution >= 4 is 29.6 Å². The van der Waals surface area contributed by atoms with E-state index in [4.69, 9.17) is 4.98 Å². The molecule has 2 aliphatic heterocycles. The van der Waals surface area contributed by atoms with Crippen LogP contribution in [0.2, 0.25) is 0 Å². The second kappa shape index (κ2) is 7.15. The van der Waals surface area contributed by atoms with Gasteiger partial charge in [-0.15, -0.1) is 0 Å². The Morgan fingerprint density at radius 2 is 1.48 bits per heavy atom. The van der Waals surface area contributed by atoms with E-state index in [0.717, 1.165) is 43.8 Å². The Labute approximate surface area is 130 Å². The highest BCUT2D eigenvalue weighted by molar-refractivity contribution is 7.99. The third-order valence-electron chi connectivity index (χ3n) is 3.98. The fourth-order valence-electron chi connectivity index (χ4n) is 2.79. The fraction of sp³-hybridized carbons (Fsp3) is 0.786. The van der Waals surface area contributed by atoms with Gasteiger partial charge in [0, 0.05) is 39.0 Å². The van der Waals surface area contributed by atoms with Gasteiger partial charge in [0.1, 0.15) is 0 Å². The highest BCUT2D eigenvalue weighted by atomic mass is 32.2. The molecule has 1 aromatic rings. The van der Waals surface area contributed by atoms with Crippen LogP contribution in [0.3, 0.4) is 0 Å². The molecule has 0 spiro atoms. The predicted molar refractivity (Wildman–Crippen MR) is 89.6 cm³/mol. The monoisotopic (exact) mass is 308 g/mol. The van der Waals surface area contributed by atoms with Crippen molar-refractivity contribution in [3.8, 4) is 0 Å². The molecule has 0 aromatic carbocycles. The molecule has 0 unspecified atom stereocenters. The molecule has 0 bridgehead atoms. The third-order valence-corrected chi connectivity index (χ3v) is 5.03. The van der Waals surface area contributed by atoms with E-state index in [0.29, 0.717) is 5.95 Å². The van der Waals surface area contributed by atoms with Crippen LogP contribution in [-0.4, -0.2) is 59.7 Å². The number of rotatable bonds is 3. The molecule has 21 heavy (non-hydrogen) atoms. The number of nitrogens with zero attached hydrogens (tertiary/aromatic N) is 5. The van der Waals surface area contributed by atoms with E-state index in [1.807, 2.05) is 18.8 Å². The SMILES string of the molecule is CNc1nc(N2CCCCC2)nc(N2CCCSCC2)n1. The van der Waals surface area contributed by atoms with Gasteiger partial charge in [-0.1, -0.05) is 0 Å². The zero-order chi connectivity index (χ0) is 14.5. The average Bonchev–Trinajstić information content (AvgIpc) is 2.84. The van der Waals surface area contributed by atoms with E-state index in [1.54, 1.807) is 0 Å². The lowest BCUT2D eigenvalue weighted by atomic mass is 10.1. The number of piperidine rings is 1. The molecule has 0 atom stereocenters. The molecule has 3 rings (SSSR count). The topological polar surface area (TPSA) is 57.2 Å². The van der Waals surface area contributed by atoms with E-state index in [9.17, 15) is 0 Å². The Kier molecular flexibility index (Phi) is 5.00. The van der Waals surface area contributed by atoms with Gasteiger partial charge in [0.25, 0.3) is 0 Å². The summed E-state index contributed by atoms with van der Waals surface area (Å²) >= 11 is 2.02. The minimum atomic E-state index is 0.678. The highest BCUT2D eigenvalue weighted by Crippen LogP contribution is 2.21. The maximum absolute atomic E-state index is 4.75. The molecule has 2 aliphatic rings. The molecule has 1 aromatic heterocycles. The van der Waals surface area contributed by atoms with Crippen LogP contribution in [0, 0.1) is 0 Å². The van der Waals surface area contributed by atoms with Crippen LogP contribution in [-0.2, 0) is 0 Å². The summed E-state index contributed by atoms with van der Waals surface area (Å²) in [6.45, 7) is 4.18. The lowest BCUT2D eigenvalue weighted by Crippen LogP contribution is -2.33. The van der Waals surface area contributed by atoms with Gasteiger partial charge in [0.2, 0.25) is 17.8 Å². The van der Waals surface area contributed by atoms with Crippen LogP contribution in [0.4, 0.5) is 17.8 Å². The van der Waals surface area contributed by atoms with Crippen molar-refractivity contribution < 1.29 is 0 Å². The number of hydrogen-bond donors (Lipinski definition) is 1. The largest absolute Gasteiger partial charge is 0.357 e. The smallest absolute Gasteiger partial charge is 0.231 e. The Morgan fingerprint density at radius 3 is 2.19 bits per heavy atom. The number of thioether (sulfide) groups is 1. The maximum Gasteiger partial charge on any atom is 0.231 e. The molecule has 0 saturated carbocycles. The summed E-state index contributed by atoms with van der Waals surface area (Å²) in [6, 6.07) is 0. The van der Waals surface area contributed by atoms with Crippen molar-refractivity contribution in [3.05, 3.63) is 0 Å². The lowest BCUT2D eigenvalue weighted by molar-refractivity contribution is 0.567. The van der Waals surface area contributed by atoms with Gasteiger partial charge in [-0.3, -0.25) is 0 Å². The molecule has 6 nitrogen and oxygen atoms in total. The van der Waals surface area contributed by atoms with E-state index >= 15 is 0 Å². The third kappa shape index (κ3) is 3.70. The molecule has 0 amide bonds. The first-order valence-corrected chi connectivity index (χ1v) is 9.04. The van der Waals surface area contributed by atoms with Crippen molar-refractivity contribution in [1.29, 1.82) is 0 Å². The first-order chi connectivity index (χ1) is 10.4. The molecular formula is C14H24N6S. The van der Waals surface area contributed by atoms with Gasteiger partial charge >= 0.3 is 0 Å². The molecule has 116 valence electrons. The van der Waals surface area contributed by atoms with E-state index < -0.39 is 0 Å². The van der Waals surface area contributed by atoms with Crippen LogP contribution in [0.25, 0.3) is 0 Å². The number of aromatic nitrogens is 3. The van der Waals surface area contributed by atoms with Crippen LogP contribution < -0.4 is 15.1 Å². The Morgan fingerprint density at radius 1 is 0.810 bits per heavy atom. The Balaban J connectivity index is 1.84. The van der Waals surface area contributed by atoms with Crippen molar-refractivity contribution in [2.45, 2.75) is 25.7 Å². The fourth-order valence-corrected chi connectivity index (χ4v) is 3.68. The Bertz CT molecular complexity index is 455. The number of nitrogens with one attached hydrogen (secondary N) is 1. The minimum Gasteiger partial charge on any atom is -0.357 e. The second-order valence-electron chi connectivity index (χ2n) is 5.51. The normalized spacial score (nSPS) is 20.2. The van der Waals surface area contributed by atoms with Gasteiger partial charge in [0.05, 0.1) is 0 Å². The Hall–Kier alpha value is -1.24. The van der Waals surface area contributed by atoms with Crippen molar-refractivity contribution in [2.24, 2.45) is 0 Å². The molecule has 7 heteroatoms. The summed E-state index contributed by atoms with van der Waals surface area (Å²) in [6.07, 6.45) is 4.98. The van der Waals surface area contributed by atoms with Gasteiger partial charge in [-0.2, -0.15) is 26.7 Å². The summed E-state index contributed by atoms with van der Waals surface area (Å²) < 4.78 is 0. The first kappa shape index (κ1) is 14.7.